The summed E-state index contributed by atoms with van der Waals surface area (Å²) in [5.74, 6) is 0. The van der Waals surface area contributed by atoms with Crippen molar-refractivity contribution in [3.8, 4) is 0 Å². The maximum atomic E-state index is 5.78. The summed E-state index contributed by atoms with van der Waals surface area (Å²) in [4.78, 5) is 1.18. The molecule has 0 radical (unpaired) electrons. The smallest absolute Gasteiger partial charge is 0.0562 e. The van der Waals surface area contributed by atoms with Gasteiger partial charge in [-0.25, -0.2) is 0 Å². The van der Waals surface area contributed by atoms with Gasteiger partial charge >= 0.3 is 0 Å². The summed E-state index contributed by atoms with van der Waals surface area (Å²) in [5.41, 5.74) is 13.4. The molecule has 3 nitrogen and oxygen atoms in total. The van der Waals surface area contributed by atoms with Crippen LogP contribution in [-0.4, -0.2) is 10.9 Å². The summed E-state index contributed by atoms with van der Waals surface area (Å²) in [5, 5.41) is 0. The summed E-state index contributed by atoms with van der Waals surface area (Å²) in [7, 11) is 0. The molecule has 0 aliphatic rings. The van der Waals surface area contributed by atoms with Crippen molar-refractivity contribution in [1.82, 2.24) is 4.37 Å². The highest BCUT2D eigenvalue weighted by Gasteiger charge is 2.12. The molecule has 0 amide bonds. The van der Waals surface area contributed by atoms with Crippen LogP contribution in [0.3, 0.4) is 0 Å². The molecule has 0 aliphatic carbocycles. The van der Waals surface area contributed by atoms with Crippen LogP contribution in [0, 0.1) is 13.8 Å². The molecule has 0 saturated carbocycles. The molecule has 62 valence electrons. The molecule has 1 unspecified atom stereocenters. The third-order valence-electron chi connectivity index (χ3n) is 1.71. The first-order valence-corrected chi connectivity index (χ1v) is 4.32. The molecule has 0 aliphatic heterocycles. The van der Waals surface area contributed by atoms with Gasteiger partial charge in [0.2, 0.25) is 0 Å². The summed E-state index contributed by atoms with van der Waals surface area (Å²) in [6, 6.07) is -0.0475. The van der Waals surface area contributed by atoms with Gasteiger partial charge in [-0.15, -0.1) is 0 Å². The molecule has 0 bridgehead atoms. The Balaban J connectivity index is 3.00. The maximum Gasteiger partial charge on any atom is 0.0562 e. The number of aryl methyl sites for hydroxylation is 2. The average molecular weight is 171 g/mol. The highest BCUT2D eigenvalue weighted by atomic mass is 32.1. The van der Waals surface area contributed by atoms with E-state index < -0.39 is 0 Å². The van der Waals surface area contributed by atoms with E-state index in [1.165, 1.54) is 16.4 Å². The van der Waals surface area contributed by atoms with Crippen molar-refractivity contribution in [2.75, 3.05) is 6.54 Å². The third-order valence-corrected chi connectivity index (χ3v) is 2.57. The normalized spacial score (nSPS) is 13.5. The van der Waals surface area contributed by atoms with E-state index in [0.717, 1.165) is 11.3 Å². The number of nitrogens with two attached hydrogens (primary N) is 2. The van der Waals surface area contributed by atoms with Crippen LogP contribution in [0.2, 0.25) is 0 Å². The Hall–Kier alpha value is -0.450. The van der Waals surface area contributed by atoms with Crippen molar-refractivity contribution in [1.29, 1.82) is 0 Å². The molecule has 1 aromatic heterocycles. The van der Waals surface area contributed by atoms with Crippen molar-refractivity contribution in [2.45, 2.75) is 19.9 Å². The van der Waals surface area contributed by atoms with Gasteiger partial charge in [-0.2, -0.15) is 4.37 Å². The lowest BCUT2D eigenvalue weighted by molar-refractivity contribution is 0.728. The van der Waals surface area contributed by atoms with Crippen LogP contribution in [-0.2, 0) is 0 Å². The van der Waals surface area contributed by atoms with Gasteiger partial charge in [0.25, 0.3) is 0 Å². The molecule has 4 N–H and O–H groups in total. The maximum absolute atomic E-state index is 5.78. The number of nitrogens with zero attached hydrogens (tertiary/aromatic N) is 1. The van der Waals surface area contributed by atoms with Gasteiger partial charge in [-0.1, -0.05) is 0 Å². The highest BCUT2D eigenvalue weighted by Crippen LogP contribution is 2.21. The van der Waals surface area contributed by atoms with Gasteiger partial charge in [0.1, 0.15) is 0 Å². The summed E-state index contributed by atoms with van der Waals surface area (Å²) in [6.07, 6.45) is 0. The fourth-order valence-corrected chi connectivity index (χ4v) is 1.91. The third kappa shape index (κ3) is 1.58. The van der Waals surface area contributed by atoms with E-state index >= 15 is 0 Å². The van der Waals surface area contributed by atoms with E-state index in [9.17, 15) is 0 Å². The molecule has 4 heteroatoms. The molecule has 0 spiro atoms. The molecule has 1 atom stereocenters. The van der Waals surface area contributed by atoms with Crippen LogP contribution in [0.15, 0.2) is 0 Å². The van der Waals surface area contributed by atoms with Crippen molar-refractivity contribution in [3.63, 3.8) is 0 Å². The SMILES string of the molecule is Cc1nsc(C)c1C(N)CN. The average Bonchev–Trinajstić information content (AvgIpc) is 2.30. The number of hydrogen-bond donors (Lipinski definition) is 2. The van der Waals surface area contributed by atoms with Gasteiger partial charge in [0.15, 0.2) is 0 Å². The molecular formula is C7H13N3S. The zero-order valence-electron chi connectivity index (χ0n) is 6.79. The molecule has 0 saturated heterocycles. The molecule has 11 heavy (non-hydrogen) atoms. The minimum Gasteiger partial charge on any atom is -0.329 e. The second-order valence-corrected chi connectivity index (χ2v) is 3.56. The molecular weight excluding hydrogens is 158 g/mol. The van der Waals surface area contributed by atoms with Crippen LogP contribution in [0.4, 0.5) is 0 Å². The molecule has 1 rings (SSSR count). The van der Waals surface area contributed by atoms with E-state index in [1.807, 2.05) is 13.8 Å². The van der Waals surface area contributed by atoms with Crippen LogP contribution in [0.5, 0.6) is 0 Å². The summed E-state index contributed by atoms with van der Waals surface area (Å²) in [6.45, 7) is 4.48. The number of rotatable bonds is 2. The Morgan fingerprint density at radius 1 is 1.55 bits per heavy atom. The fraction of sp³-hybridized carbons (Fsp3) is 0.571. The lowest BCUT2D eigenvalue weighted by Crippen LogP contribution is -2.21. The van der Waals surface area contributed by atoms with Crippen LogP contribution < -0.4 is 11.5 Å². The topological polar surface area (TPSA) is 64.9 Å². The Morgan fingerprint density at radius 3 is 2.55 bits per heavy atom. The number of hydrogen-bond acceptors (Lipinski definition) is 4. The predicted molar refractivity (Wildman–Crippen MR) is 47.6 cm³/mol. The van der Waals surface area contributed by atoms with Crippen molar-refractivity contribution in [3.05, 3.63) is 16.1 Å². The van der Waals surface area contributed by atoms with Crippen molar-refractivity contribution in [2.24, 2.45) is 11.5 Å². The number of aromatic nitrogens is 1. The lowest BCUT2D eigenvalue weighted by Gasteiger charge is -2.07. The zero-order chi connectivity index (χ0) is 8.43. The largest absolute Gasteiger partial charge is 0.329 e. The first kappa shape index (κ1) is 8.64. The van der Waals surface area contributed by atoms with E-state index in [-0.39, 0.29) is 6.04 Å². The minimum atomic E-state index is -0.0475. The Kier molecular flexibility index (Phi) is 2.59. The van der Waals surface area contributed by atoms with E-state index in [0.29, 0.717) is 6.54 Å². The standard InChI is InChI=1S/C7H13N3S/c1-4-7(6(9)3-8)5(2)11-10-4/h6H,3,8-9H2,1-2H3. The second kappa shape index (κ2) is 3.30. The zero-order valence-corrected chi connectivity index (χ0v) is 7.61. The predicted octanol–water partition coefficient (Wildman–Crippen LogP) is 0.718. The van der Waals surface area contributed by atoms with Gasteiger partial charge in [-0.05, 0) is 25.4 Å². The Labute approximate surface area is 70.6 Å². The summed E-state index contributed by atoms with van der Waals surface area (Å²) < 4.78 is 4.19. The van der Waals surface area contributed by atoms with E-state index in [1.54, 1.807) is 0 Å². The Morgan fingerprint density at radius 2 is 2.18 bits per heavy atom. The van der Waals surface area contributed by atoms with Gasteiger partial charge in [-0.3, -0.25) is 0 Å². The minimum absolute atomic E-state index is 0.0475. The van der Waals surface area contributed by atoms with Gasteiger partial charge in [0.05, 0.1) is 5.69 Å². The van der Waals surface area contributed by atoms with Gasteiger partial charge < -0.3 is 11.5 Å². The van der Waals surface area contributed by atoms with Gasteiger partial charge in [0, 0.05) is 23.0 Å². The van der Waals surface area contributed by atoms with Crippen LogP contribution in [0.25, 0.3) is 0 Å². The van der Waals surface area contributed by atoms with Crippen molar-refractivity contribution >= 4 is 11.5 Å². The first-order valence-electron chi connectivity index (χ1n) is 3.55. The first-order chi connectivity index (χ1) is 5.16. The lowest BCUT2D eigenvalue weighted by atomic mass is 10.1. The molecule has 0 fully saturated rings. The van der Waals surface area contributed by atoms with Crippen LogP contribution >= 0.6 is 11.5 Å². The highest BCUT2D eigenvalue weighted by molar-refractivity contribution is 7.05. The molecule has 1 heterocycles. The monoisotopic (exact) mass is 171 g/mol. The van der Waals surface area contributed by atoms with Crippen LogP contribution in [0.1, 0.15) is 22.2 Å². The van der Waals surface area contributed by atoms with Crippen molar-refractivity contribution < 1.29 is 0 Å². The second-order valence-electron chi connectivity index (χ2n) is 2.58. The fourth-order valence-electron chi connectivity index (χ4n) is 1.14. The molecule has 0 aromatic carbocycles. The van der Waals surface area contributed by atoms with E-state index in [4.69, 9.17) is 11.5 Å². The van der Waals surface area contributed by atoms with E-state index in [2.05, 4.69) is 4.37 Å². The summed E-state index contributed by atoms with van der Waals surface area (Å²) >= 11 is 1.49. The Bertz CT molecular complexity index is 224. The quantitative estimate of drug-likeness (QED) is 0.689. The molecule has 1 aromatic rings.